The molecule has 1 unspecified atom stereocenters. The number of aliphatic hydroxyl groups excluding tert-OH is 1. The molecule has 0 aromatic heterocycles. The first kappa shape index (κ1) is 21.3. The van der Waals surface area contributed by atoms with Crippen molar-refractivity contribution in [2.45, 2.75) is 19.9 Å². The number of carbonyl (C=O) groups is 2. The molecular formula is C26H22FNO4. The normalized spacial score (nSPS) is 17.6. The largest absolute Gasteiger partial charge is 0.507 e. The number of rotatable bonds is 5. The number of Topliss-reactive ketones (excluding diaryl/α,β-unsaturated/α-hetero) is 1. The standard InChI is InChI=1S/C26H22FNO4/c1-3-32-21-13-12-18(14-16(21)2)24(29)22-23(17-8-5-4-6-9-17)28(26(31)25(22)30)20-11-7-10-19(27)15-20/h4-15,23,29H,3H2,1-2H3/b24-22+. The molecule has 1 saturated heterocycles. The Morgan fingerprint density at radius 3 is 2.44 bits per heavy atom. The summed E-state index contributed by atoms with van der Waals surface area (Å²) < 4.78 is 19.5. The molecule has 1 amide bonds. The Bertz CT molecular complexity index is 1220. The number of aliphatic hydroxyl groups is 1. The summed E-state index contributed by atoms with van der Waals surface area (Å²) in [5, 5.41) is 11.2. The van der Waals surface area contributed by atoms with Crippen LogP contribution < -0.4 is 9.64 Å². The van der Waals surface area contributed by atoms with Crippen molar-refractivity contribution in [3.8, 4) is 5.75 Å². The molecule has 3 aromatic rings. The summed E-state index contributed by atoms with van der Waals surface area (Å²) in [7, 11) is 0. The van der Waals surface area contributed by atoms with Gasteiger partial charge in [-0.05, 0) is 61.4 Å². The Morgan fingerprint density at radius 2 is 1.78 bits per heavy atom. The van der Waals surface area contributed by atoms with Crippen LogP contribution in [0.1, 0.15) is 29.7 Å². The average Bonchev–Trinajstić information content (AvgIpc) is 3.06. The molecule has 1 atom stereocenters. The van der Waals surface area contributed by atoms with Gasteiger partial charge in [0.2, 0.25) is 0 Å². The van der Waals surface area contributed by atoms with Crippen molar-refractivity contribution in [1.29, 1.82) is 0 Å². The molecule has 0 aliphatic carbocycles. The van der Waals surface area contributed by atoms with E-state index in [4.69, 9.17) is 4.74 Å². The summed E-state index contributed by atoms with van der Waals surface area (Å²) in [4.78, 5) is 27.4. The van der Waals surface area contributed by atoms with Crippen molar-refractivity contribution in [2.24, 2.45) is 0 Å². The van der Waals surface area contributed by atoms with Gasteiger partial charge in [0.1, 0.15) is 17.3 Å². The number of anilines is 1. The lowest BCUT2D eigenvalue weighted by Gasteiger charge is -2.25. The number of halogens is 1. The highest BCUT2D eigenvalue weighted by atomic mass is 19.1. The smallest absolute Gasteiger partial charge is 0.300 e. The van der Waals surface area contributed by atoms with E-state index in [2.05, 4.69) is 0 Å². The van der Waals surface area contributed by atoms with Crippen LogP contribution in [-0.2, 0) is 9.59 Å². The number of carbonyl (C=O) groups excluding carboxylic acids is 2. The van der Waals surface area contributed by atoms with Crippen molar-refractivity contribution >= 4 is 23.1 Å². The average molecular weight is 431 g/mol. The topological polar surface area (TPSA) is 66.8 Å². The van der Waals surface area contributed by atoms with Gasteiger partial charge in [0, 0.05) is 11.3 Å². The molecular weight excluding hydrogens is 409 g/mol. The third-order valence-electron chi connectivity index (χ3n) is 5.39. The minimum absolute atomic E-state index is 0.0472. The Balaban J connectivity index is 1.90. The summed E-state index contributed by atoms with van der Waals surface area (Å²) in [6.45, 7) is 4.21. The number of nitrogens with zero attached hydrogens (tertiary/aromatic N) is 1. The summed E-state index contributed by atoms with van der Waals surface area (Å²) in [5.74, 6) is -1.80. The fourth-order valence-electron chi connectivity index (χ4n) is 3.95. The number of hydrogen-bond acceptors (Lipinski definition) is 4. The van der Waals surface area contributed by atoms with E-state index in [0.717, 1.165) is 5.56 Å². The highest BCUT2D eigenvalue weighted by Gasteiger charge is 2.47. The molecule has 0 spiro atoms. The second kappa shape index (κ2) is 8.67. The van der Waals surface area contributed by atoms with E-state index in [1.807, 2.05) is 19.9 Å². The van der Waals surface area contributed by atoms with Crippen LogP contribution in [0.5, 0.6) is 5.75 Å². The summed E-state index contributed by atoms with van der Waals surface area (Å²) in [5.41, 5.74) is 1.99. The number of ketones is 1. The number of amides is 1. The summed E-state index contributed by atoms with van der Waals surface area (Å²) in [6.07, 6.45) is 0. The fourth-order valence-corrected chi connectivity index (χ4v) is 3.95. The Labute approximate surface area is 185 Å². The van der Waals surface area contributed by atoms with E-state index in [0.29, 0.717) is 23.5 Å². The minimum Gasteiger partial charge on any atom is -0.507 e. The molecule has 4 rings (SSSR count). The molecule has 1 aliphatic rings. The number of aryl methyl sites for hydroxylation is 1. The molecule has 6 heteroatoms. The quantitative estimate of drug-likeness (QED) is 0.344. The van der Waals surface area contributed by atoms with Crippen molar-refractivity contribution in [1.82, 2.24) is 0 Å². The van der Waals surface area contributed by atoms with Gasteiger partial charge in [-0.1, -0.05) is 36.4 Å². The Kier molecular flexibility index (Phi) is 5.77. The maximum absolute atomic E-state index is 13.9. The molecule has 5 nitrogen and oxygen atoms in total. The maximum atomic E-state index is 13.9. The fraction of sp³-hybridized carbons (Fsp3) is 0.154. The van der Waals surface area contributed by atoms with Crippen LogP contribution in [0.25, 0.3) is 5.76 Å². The van der Waals surface area contributed by atoms with Crippen molar-refractivity contribution in [3.63, 3.8) is 0 Å². The molecule has 0 bridgehead atoms. The van der Waals surface area contributed by atoms with Crippen LogP contribution in [-0.4, -0.2) is 23.4 Å². The third kappa shape index (κ3) is 3.75. The maximum Gasteiger partial charge on any atom is 0.300 e. The van der Waals surface area contributed by atoms with E-state index in [1.54, 1.807) is 48.5 Å². The molecule has 162 valence electrons. The van der Waals surface area contributed by atoms with Crippen LogP contribution >= 0.6 is 0 Å². The van der Waals surface area contributed by atoms with E-state index >= 15 is 0 Å². The van der Waals surface area contributed by atoms with Crippen molar-refractivity contribution in [3.05, 3.63) is 101 Å². The van der Waals surface area contributed by atoms with Gasteiger partial charge in [0.05, 0.1) is 18.2 Å². The molecule has 1 heterocycles. The Hall–Kier alpha value is -3.93. The van der Waals surface area contributed by atoms with Gasteiger partial charge in [0.15, 0.2) is 0 Å². The Morgan fingerprint density at radius 1 is 1.03 bits per heavy atom. The molecule has 1 aliphatic heterocycles. The van der Waals surface area contributed by atoms with Crippen LogP contribution in [0.3, 0.4) is 0 Å². The molecule has 0 saturated carbocycles. The third-order valence-corrected chi connectivity index (χ3v) is 5.39. The highest BCUT2D eigenvalue weighted by Crippen LogP contribution is 2.42. The predicted molar refractivity (Wildman–Crippen MR) is 120 cm³/mol. The molecule has 0 radical (unpaired) electrons. The SMILES string of the molecule is CCOc1ccc(/C(O)=C2\C(=O)C(=O)N(c3cccc(F)c3)C2c2ccccc2)cc1C. The van der Waals surface area contributed by atoms with E-state index in [9.17, 15) is 19.1 Å². The molecule has 1 fully saturated rings. The van der Waals surface area contributed by atoms with Crippen molar-refractivity contribution < 1.29 is 23.8 Å². The highest BCUT2D eigenvalue weighted by molar-refractivity contribution is 6.51. The van der Waals surface area contributed by atoms with Crippen LogP contribution in [0, 0.1) is 12.7 Å². The molecule has 32 heavy (non-hydrogen) atoms. The number of ether oxygens (including phenoxy) is 1. The van der Waals surface area contributed by atoms with Crippen LogP contribution in [0.15, 0.2) is 78.4 Å². The second-order valence-electron chi connectivity index (χ2n) is 7.47. The van der Waals surface area contributed by atoms with E-state index < -0.39 is 23.5 Å². The number of benzene rings is 3. The lowest BCUT2D eigenvalue weighted by atomic mass is 9.94. The number of hydrogen-bond donors (Lipinski definition) is 1. The molecule has 1 N–H and O–H groups in total. The van der Waals surface area contributed by atoms with Gasteiger partial charge in [-0.25, -0.2) is 4.39 Å². The zero-order chi connectivity index (χ0) is 22.8. The van der Waals surface area contributed by atoms with E-state index in [-0.39, 0.29) is 17.0 Å². The van der Waals surface area contributed by atoms with Gasteiger partial charge in [-0.3, -0.25) is 14.5 Å². The van der Waals surface area contributed by atoms with Gasteiger partial charge in [0.25, 0.3) is 11.7 Å². The van der Waals surface area contributed by atoms with Gasteiger partial charge in [-0.2, -0.15) is 0 Å². The lowest BCUT2D eigenvalue weighted by Crippen LogP contribution is -2.29. The minimum atomic E-state index is -0.898. The lowest BCUT2D eigenvalue weighted by molar-refractivity contribution is -0.132. The predicted octanol–water partition coefficient (Wildman–Crippen LogP) is 5.16. The van der Waals surface area contributed by atoms with Gasteiger partial charge >= 0.3 is 0 Å². The second-order valence-corrected chi connectivity index (χ2v) is 7.47. The van der Waals surface area contributed by atoms with E-state index in [1.165, 1.54) is 23.1 Å². The van der Waals surface area contributed by atoms with Gasteiger partial charge in [-0.15, -0.1) is 0 Å². The monoisotopic (exact) mass is 431 g/mol. The first-order valence-corrected chi connectivity index (χ1v) is 10.3. The summed E-state index contributed by atoms with van der Waals surface area (Å²) in [6, 6.07) is 18.6. The first-order chi connectivity index (χ1) is 15.4. The first-order valence-electron chi connectivity index (χ1n) is 10.3. The molecule has 3 aromatic carbocycles. The zero-order valence-electron chi connectivity index (χ0n) is 17.7. The zero-order valence-corrected chi connectivity index (χ0v) is 17.7. The van der Waals surface area contributed by atoms with Crippen LogP contribution in [0.2, 0.25) is 0 Å². The van der Waals surface area contributed by atoms with Gasteiger partial charge < -0.3 is 9.84 Å². The van der Waals surface area contributed by atoms with Crippen LogP contribution in [0.4, 0.5) is 10.1 Å². The summed E-state index contributed by atoms with van der Waals surface area (Å²) >= 11 is 0. The van der Waals surface area contributed by atoms with Crippen molar-refractivity contribution in [2.75, 3.05) is 11.5 Å².